The van der Waals surface area contributed by atoms with Gasteiger partial charge in [-0.1, -0.05) is 11.6 Å². The first-order valence-electron chi connectivity index (χ1n) is 14.2. The molecule has 0 bridgehead atoms. The molecule has 3 unspecified atom stereocenters. The molecule has 232 valence electrons. The number of fused-ring (bicyclic) bond motifs is 1. The summed E-state index contributed by atoms with van der Waals surface area (Å²) in [6, 6.07) is 3.87. The Bertz CT molecular complexity index is 1540. The lowest BCUT2D eigenvalue weighted by molar-refractivity contribution is -0.144. The number of halogens is 5. The average Bonchev–Trinajstić information content (AvgIpc) is 3.70. The molecule has 0 spiro atoms. The summed E-state index contributed by atoms with van der Waals surface area (Å²) in [5.41, 5.74) is -3.06. The van der Waals surface area contributed by atoms with Gasteiger partial charge in [-0.3, -0.25) is 9.48 Å². The Balaban J connectivity index is 1.19. The zero-order valence-electron chi connectivity index (χ0n) is 23.7. The number of β-amino-alcohol motifs (C(OH)–C–C–N with tert-alkyl or cyclic N) is 1. The van der Waals surface area contributed by atoms with E-state index in [4.69, 9.17) is 11.6 Å². The Hall–Kier alpha value is -3.00. The van der Waals surface area contributed by atoms with Crippen LogP contribution in [0.3, 0.4) is 0 Å². The molecule has 1 amide bonds. The standard InChI is InChI=1S/C29H33ClF4N6O3/c1-38-6-5-27(42,13-38)14-40-12-20(25(37-40)29(32,33)34)28(43)10-17-7-16(8-18(17)11-28)23-24(39(2)15-35-23)26(41)36-19-3-4-22(31)21(30)9-19/h3-4,9,12,15-18,42-43H,5-8,10-11,13-14H2,1-2H3,(H,36,41). The molecule has 3 atom stereocenters. The molecule has 1 aromatic carbocycles. The minimum Gasteiger partial charge on any atom is -0.387 e. The van der Waals surface area contributed by atoms with E-state index in [1.807, 2.05) is 11.9 Å². The zero-order valence-corrected chi connectivity index (χ0v) is 24.5. The van der Waals surface area contributed by atoms with Crippen molar-refractivity contribution in [2.24, 2.45) is 18.9 Å². The number of hydrogen-bond acceptors (Lipinski definition) is 6. The van der Waals surface area contributed by atoms with E-state index in [1.54, 1.807) is 11.6 Å². The van der Waals surface area contributed by atoms with E-state index >= 15 is 0 Å². The molecule has 3 N–H and O–H groups in total. The number of nitrogens with one attached hydrogen (secondary N) is 1. The Morgan fingerprint density at radius 1 is 1.19 bits per heavy atom. The van der Waals surface area contributed by atoms with Gasteiger partial charge in [0.05, 0.1) is 34.8 Å². The summed E-state index contributed by atoms with van der Waals surface area (Å²) < 4.78 is 58.6. The number of aryl methyl sites for hydroxylation is 1. The first kappa shape index (κ1) is 30.0. The van der Waals surface area contributed by atoms with Gasteiger partial charge in [0, 0.05) is 43.5 Å². The summed E-state index contributed by atoms with van der Waals surface area (Å²) in [4.78, 5) is 19.6. The van der Waals surface area contributed by atoms with E-state index in [-0.39, 0.29) is 47.7 Å². The van der Waals surface area contributed by atoms with Gasteiger partial charge in [-0.25, -0.2) is 9.37 Å². The summed E-state index contributed by atoms with van der Waals surface area (Å²) in [5.74, 6) is -1.34. The van der Waals surface area contributed by atoms with Crippen LogP contribution in [-0.2, 0) is 25.4 Å². The largest absolute Gasteiger partial charge is 0.435 e. The van der Waals surface area contributed by atoms with Crippen molar-refractivity contribution < 1.29 is 32.6 Å². The molecule has 2 saturated carbocycles. The second kappa shape index (κ2) is 10.6. The number of aromatic nitrogens is 4. The Labute approximate surface area is 250 Å². The van der Waals surface area contributed by atoms with Crippen LogP contribution in [0.15, 0.2) is 30.7 Å². The van der Waals surface area contributed by atoms with E-state index in [0.717, 1.165) is 10.7 Å². The van der Waals surface area contributed by atoms with Crippen molar-refractivity contribution in [2.45, 2.75) is 61.9 Å². The van der Waals surface area contributed by atoms with Crippen molar-refractivity contribution in [2.75, 3.05) is 25.5 Å². The Morgan fingerprint density at radius 3 is 2.49 bits per heavy atom. The molecule has 3 heterocycles. The van der Waals surface area contributed by atoms with Crippen molar-refractivity contribution >= 4 is 23.2 Å². The van der Waals surface area contributed by atoms with Crippen LogP contribution in [0.25, 0.3) is 0 Å². The summed E-state index contributed by atoms with van der Waals surface area (Å²) in [6.45, 7) is 0.857. The number of likely N-dealkylation sites (tertiary alicyclic amines) is 1. The minimum atomic E-state index is -4.77. The van der Waals surface area contributed by atoms with Crippen molar-refractivity contribution in [1.82, 2.24) is 24.2 Å². The SMILES string of the molecule is CN1CCC(O)(Cn2cc(C3(O)CC4CC(c5ncn(C)c5C(=O)Nc5ccc(F)c(Cl)c5)CC4C3)c(C(F)(F)F)n2)C1. The predicted octanol–water partition coefficient (Wildman–Crippen LogP) is 4.54. The van der Waals surface area contributed by atoms with Gasteiger partial charge in [-0.2, -0.15) is 18.3 Å². The van der Waals surface area contributed by atoms with Crippen LogP contribution in [0, 0.1) is 17.7 Å². The number of hydrogen-bond donors (Lipinski definition) is 3. The number of anilines is 1. The highest BCUT2D eigenvalue weighted by Gasteiger charge is 2.54. The van der Waals surface area contributed by atoms with Crippen molar-refractivity contribution in [1.29, 1.82) is 0 Å². The molecule has 6 rings (SSSR count). The molecular formula is C29H33ClF4N6O3. The smallest absolute Gasteiger partial charge is 0.387 e. The van der Waals surface area contributed by atoms with Crippen LogP contribution in [0.1, 0.15) is 65.5 Å². The molecule has 14 heteroatoms. The number of amides is 1. The molecule has 2 aromatic heterocycles. The van der Waals surface area contributed by atoms with Crippen LogP contribution in [0.5, 0.6) is 0 Å². The fourth-order valence-electron chi connectivity index (χ4n) is 7.44. The van der Waals surface area contributed by atoms with Gasteiger partial charge >= 0.3 is 6.18 Å². The predicted molar refractivity (Wildman–Crippen MR) is 149 cm³/mol. The van der Waals surface area contributed by atoms with E-state index in [2.05, 4.69) is 15.4 Å². The number of rotatable bonds is 6. The van der Waals surface area contributed by atoms with Crippen LogP contribution in [0.4, 0.5) is 23.2 Å². The fraction of sp³-hybridized carbons (Fsp3) is 0.552. The Kier molecular flexibility index (Phi) is 7.38. The van der Waals surface area contributed by atoms with Crippen LogP contribution in [-0.4, -0.2) is 66.1 Å². The molecule has 3 fully saturated rings. The minimum absolute atomic E-state index is 0.0825. The third-order valence-corrected chi connectivity index (χ3v) is 9.59. The highest BCUT2D eigenvalue weighted by atomic mass is 35.5. The molecule has 1 aliphatic heterocycles. The molecule has 0 radical (unpaired) electrons. The number of aliphatic hydroxyl groups is 2. The van der Waals surface area contributed by atoms with Gasteiger partial charge in [0.1, 0.15) is 11.5 Å². The first-order valence-corrected chi connectivity index (χ1v) is 14.6. The lowest BCUT2D eigenvalue weighted by Gasteiger charge is -2.25. The van der Waals surface area contributed by atoms with Gasteiger partial charge in [-0.05, 0) is 69.2 Å². The third kappa shape index (κ3) is 5.67. The zero-order chi connectivity index (χ0) is 30.9. The average molecular weight is 625 g/mol. The number of alkyl halides is 3. The first-order chi connectivity index (χ1) is 20.1. The molecule has 3 aromatic rings. The van der Waals surface area contributed by atoms with Crippen LogP contribution < -0.4 is 5.32 Å². The normalized spacial score (nSPS) is 29.4. The maximum Gasteiger partial charge on any atom is 0.435 e. The van der Waals surface area contributed by atoms with Gasteiger partial charge in [-0.15, -0.1) is 0 Å². The highest BCUT2D eigenvalue weighted by molar-refractivity contribution is 6.31. The number of imidazole rings is 1. The molecule has 3 aliphatic rings. The van der Waals surface area contributed by atoms with Crippen molar-refractivity contribution in [3.8, 4) is 0 Å². The third-order valence-electron chi connectivity index (χ3n) is 9.30. The second-order valence-corrected chi connectivity index (χ2v) is 13.0. The van der Waals surface area contributed by atoms with Gasteiger partial charge in [0.25, 0.3) is 5.91 Å². The molecular weight excluding hydrogens is 592 g/mol. The summed E-state index contributed by atoms with van der Waals surface area (Å²) in [6.07, 6.45) is -0.219. The van der Waals surface area contributed by atoms with Crippen LogP contribution in [0.2, 0.25) is 5.02 Å². The van der Waals surface area contributed by atoms with Gasteiger partial charge < -0.3 is 25.0 Å². The fourth-order valence-corrected chi connectivity index (χ4v) is 7.62. The van der Waals surface area contributed by atoms with E-state index in [0.29, 0.717) is 49.4 Å². The van der Waals surface area contributed by atoms with Crippen molar-refractivity contribution in [3.63, 3.8) is 0 Å². The molecule has 2 aliphatic carbocycles. The van der Waals surface area contributed by atoms with Crippen molar-refractivity contribution in [3.05, 3.63) is 64.2 Å². The Morgan fingerprint density at radius 2 is 1.88 bits per heavy atom. The maximum absolute atomic E-state index is 14.1. The topological polar surface area (TPSA) is 108 Å². The lowest BCUT2D eigenvalue weighted by Crippen LogP contribution is -2.37. The van der Waals surface area contributed by atoms with E-state index in [9.17, 15) is 32.6 Å². The number of carbonyl (C=O) groups is 1. The van der Waals surface area contributed by atoms with E-state index in [1.165, 1.54) is 24.7 Å². The number of nitrogens with zero attached hydrogens (tertiary/aromatic N) is 5. The van der Waals surface area contributed by atoms with Gasteiger partial charge in [0.2, 0.25) is 0 Å². The summed E-state index contributed by atoms with van der Waals surface area (Å²) in [7, 11) is 3.52. The number of likely N-dealkylation sites (N-methyl/N-ethyl adjacent to an activating group) is 1. The molecule has 43 heavy (non-hydrogen) atoms. The molecule has 1 saturated heterocycles. The monoisotopic (exact) mass is 624 g/mol. The highest BCUT2D eigenvalue weighted by Crippen LogP contribution is 2.58. The number of benzene rings is 1. The number of carbonyl (C=O) groups excluding carboxylic acids is 1. The van der Waals surface area contributed by atoms with Gasteiger partial charge in [0.15, 0.2) is 5.69 Å². The van der Waals surface area contributed by atoms with Crippen LogP contribution >= 0.6 is 11.6 Å². The lowest BCUT2D eigenvalue weighted by atomic mass is 9.87. The quantitative estimate of drug-likeness (QED) is 0.348. The molecule has 9 nitrogen and oxygen atoms in total. The summed E-state index contributed by atoms with van der Waals surface area (Å²) >= 11 is 5.85. The maximum atomic E-state index is 14.1. The summed E-state index contributed by atoms with van der Waals surface area (Å²) in [5, 5.41) is 28.9. The van der Waals surface area contributed by atoms with E-state index < -0.39 is 34.8 Å². The second-order valence-electron chi connectivity index (χ2n) is 12.6.